The largest absolute Gasteiger partial charge is 0.462 e. The van der Waals surface area contributed by atoms with E-state index in [1.807, 2.05) is 42.5 Å². The minimum Gasteiger partial charge on any atom is -0.462 e. The molecule has 9 rings (SSSR count). The third kappa shape index (κ3) is 26.0. The van der Waals surface area contributed by atoms with Gasteiger partial charge in [-0.25, -0.2) is 23.2 Å². The van der Waals surface area contributed by atoms with Gasteiger partial charge in [-0.3, -0.25) is 4.90 Å². The minimum atomic E-state index is -1.41. The van der Waals surface area contributed by atoms with E-state index in [4.69, 9.17) is 73.7 Å². The number of likely N-dealkylation sites (tertiary alicyclic amines) is 1. The average Bonchev–Trinajstić information content (AvgIpc) is 1.68. The van der Waals surface area contributed by atoms with Crippen molar-refractivity contribution in [2.24, 2.45) is 5.10 Å². The van der Waals surface area contributed by atoms with Gasteiger partial charge in [0.25, 0.3) is 0 Å². The fraction of sp³-hybridized carbons (Fsp3) is 0.597. The van der Waals surface area contributed by atoms with E-state index in [2.05, 4.69) is 75.1 Å². The fourth-order valence-electron chi connectivity index (χ4n) is 13.0. The van der Waals surface area contributed by atoms with Crippen LogP contribution in [0.25, 0.3) is 10.8 Å². The van der Waals surface area contributed by atoms with E-state index in [-0.39, 0.29) is 61.5 Å². The predicted octanol–water partition coefficient (Wildman–Crippen LogP) is 12.0. The number of carbonyl (C=O) groups is 3. The normalized spacial score (nSPS) is 17.7. The summed E-state index contributed by atoms with van der Waals surface area (Å²) in [7, 11) is 0.212. The summed E-state index contributed by atoms with van der Waals surface area (Å²) in [4.78, 5) is 59.5. The van der Waals surface area contributed by atoms with E-state index < -0.39 is 42.3 Å². The Kier molecular flexibility index (Phi) is 33.6. The lowest BCUT2D eigenvalue weighted by molar-refractivity contribution is -0.0234. The molecular formula is C77H108ClF2N11O14SSi. The Labute approximate surface area is 639 Å². The Morgan fingerprint density at radius 1 is 0.748 bits per heavy atom. The number of hydrogen-bond acceptors (Lipinski definition) is 22. The van der Waals surface area contributed by atoms with Gasteiger partial charge < -0.3 is 77.0 Å². The maximum Gasteiger partial charge on any atom is 0.410 e. The first kappa shape index (κ1) is 84.0. The van der Waals surface area contributed by atoms with Gasteiger partial charge in [-0.05, 0) is 113 Å². The number of hydrazone groups is 1. The molecule has 5 heterocycles. The van der Waals surface area contributed by atoms with Crippen molar-refractivity contribution in [3.05, 3.63) is 124 Å². The van der Waals surface area contributed by atoms with Crippen molar-refractivity contribution in [2.75, 3.05) is 188 Å². The molecule has 0 radical (unpaired) electrons. The number of amides is 4. The summed E-state index contributed by atoms with van der Waals surface area (Å²) in [6, 6.07) is 27.5. The van der Waals surface area contributed by atoms with Crippen LogP contribution in [0, 0.1) is 23.0 Å². The van der Waals surface area contributed by atoms with Crippen LogP contribution < -0.4 is 19.9 Å². The molecule has 0 bridgehead atoms. The highest BCUT2D eigenvalue weighted by molar-refractivity contribution is 8.15. The quantitative estimate of drug-likeness (QED) is 0.0281. The molecule has 2 fully saturated rings. The number of benzene rings is 4. The number of nitrogens with one attached hydrogen (secondary N) is 1. The molecule has 1 N–H and O–H groups in total. The lowest BCUT2D eigenvalue weighted by Gasteiger charge is -2.42. The Morgan fingerprint density at radius 2 is 1.39 bits per heavy atom. The first-order valence-electron chi connectivity index (χ1n) is 37.4. The molecule has 5 aromatic rings. The number of anilines is 2. The molecule has 3 atom stereocenters. The summed E-state index contributed by atoms with van der Waals surface area (Å²) >= 11 is 8.00. The number of alkyl carbamates (subject to hydrolysis) is 1. The zero-order chi connectivity index (χ0) is 76.0. The predicted molar refractivity (Wildman–Crippen MR) is 411 cm³/mol. The standard InChI is InChI=1S/C77H108ClF2N11O14SSi/c1-76(2,3)105-73(92)82-29-14-27-77(59-18-9-8-10-19-59)91(85-71(106-77)64-54-60(79)23-24-66(64)80)74(93)86(4)35-37-96-39-41-98-43-45-100-47-49-102-51-50-101-48-46-99-44-42-97-40-38-95-36-15-31-87-30-13-20-62(87)57-104-72-83-67-56-88(68-22-12-17-58-16-11-21-65(78)69(58)68)32-26-63(67)70(84-72)89-33-34-90(61(55-89)25-28-81)75(94)103-52-53-107(5,6)7/h8-12,16-19,21-24,54,61-62H,13-15,20,25-27,29-53,55-57H2,1-7H3,(H,82,92)/t61-,62-,77-/m0/s1. The SMILES string of the molecule is CN(CCOCCOCCOCCOCCOCCOCCOCCOCCCN1CCC[C@H]1COc1nc2c(c(N3CCN(C(=O)OCC[Si](C)(C)C)[C@@H](CC#N)C3)n1)CCN(c1cccc3cccc(Cl)c13)C2)C(=O)N1N=C(c2cc(F)ccc2F)S[C@@]1(CCCNC(=O)OC(C)(C)C)c1ccccc1. The zero-order valence-electron chi connectivity index (χ0n) is 63.2. The monoisotopic (exact) mass is 1540 g/mol. The summed E-state index contributed by atoms with van der Waals surface area (Å²) in [5, 5.41) is 21.6. The van der Waals surface area contributed by atoms with Gasteiger partial charge in [0.05, 0.1) is 142 Å². The molecule has 4 amide bonds. The van der Waals surface area contributed by atoms with Crippen LogP contribution in [0.2, 0.25) is 30.7 Å². The van der Waals surface area contributed by atoms with Crippen molar-refractivity contribution in [3.8, 4) is 12.1 Å². The smallest absolute Gasteiger partial charge is 0.410 e. The molecule has 0 saturated carbocycles. The van der Waals surface area contributed by atoms with Gasteiger partial charge in [0.15, 0.2) is 0 Å². The second-order valence-corrected chi connectivity index (χ2v) is 36.1. The van der Waals surface area contributed by atoms with Crippen LogP contribution in [-0.4, -0.2) is 257 Å². The number of hydrogen-bond donors (Lipinski definition) is 1. The van der Waals surface area contributed by atoms with E-state index in [1.165, 1.54) is 9.91 Å². The molecule has 30 heteroatoms. The lowest BCUT2D eigenvalue weighted by atomic mass is 10.0. The van der Waals surface area contributed by atoms with Crippen molar-refractivity contribution < 1.29 is 75.3 Å². The van der Waals surface area contributed by atoms with Gasteiger partial charge in [0, 0.05) is 95.8 Å². The number of halogens is 3. The highest BCUT2D eigenvalue weighted by atomic mass is 35.5. The maximum absolute atomic E-state index is 15.3. The summed E-state index contributed by atoms with van der Waals surface area (Å²) in [5.74, 6) is -0.524. The van der Waals surface area contributed by atoms with Crippen molar-refractivity contribution >= 4 is 77.0 Å². The Bertz CT molecular complexity index is 3690. The van der Waals surface area contributed by atoms with Gasteiger partial charge >= 0.3 is 24.2 Å². The Hall–Kier alpha value is -7.05. The summed E-state index contributed by atoms with van der Waals surface area (Å²) in [6.07, 6.45) is 3.57. The number of thioether (sulfide) groups is 1. The number of ether oxygens (including phenoxy) is 11. The van der Waals surface area contributed by atoms with Gasteiger partial charge in [-0.15, -0.1) is 0 Å². The molecule has 0 unspecified atom stereocenters. The van der Waals surface area contributed by atoms with Crippen molar-refractivity contribution in [1.29, 1.82) is 5.26 Å². The third-order valence-electron chi connectivity index (χ3n) is 18.5. The molecule has 4 aromatic carbocycles. The highest BCUT2D eigenvalue weighted by Gasteiger charge is 2.50. The van der Waals surface area contributed by atoms with Gasteiger partial charge in [0.1, 0.15) is 39.6 Å². The molecule has 0 spiro atoms. The Morgan fingerprint density at radius 3 is 2.04 bits per heavy atom. The van der Waals surface area contributed by atoms with E-state index in [0.717, 1.165) is 108 Å². The summed E-state index contributed by atoms with van der Waals surface area (Å²) in [6.45, 7) is 24.4. The topological polar surface area (TPSA) is 246 Å². The Balaban J connectivity index is 0.586. The lowest BCUT2D eigenvalue weighted by Crippen LogP contribution is -2.56. The van der Waals surface area contributed by atoms with Crippen molar-refractivity contribution in [3.63, 3.8) is 0 Å². The second kappa shape index (κ2) is 42.8. The first-order chi connectivity index (χ1) is 51.7. The fourth-order valence-corrected chi connectivity index (χ4v) is 15.4. The summed E-state index contributed by atoms with van der Waals surface area (Å²) < 4.78 is 93.3. The third-order valence-corrected chi connectivity index (χ3v) is 21.9. The molecular weight excluding hydrogens is 1440 g/mol. The van der Waals surface area contributed by atoms with Crippen molar-refractivity contribution in [1.82, 2.24) is 35.0 Å². The number of rotatable bonds is 43. The number of piperazine rings is 1. The average molecular weight is 1550 g/mol. The van der Waals surface area contributed by atoms with Crippen LogP contribution in [0.15, 0.2) is 90.0 Å². The minimum absolute atomic E-state index is 0.0667. The first-order valence-corrected chi connectivity index (χ1v) is 42.3. The van der Waals surface area contributed by atoms with Crippen LogP contribution in [0.5, 0.6) is 6.01 Å². The molecule has 1 aromatic heterocycles. The van der Waals surface area contributed by atoms with Crippen LogP contribution in [-0.2, 0) is 65.2 Å². The van der Waals surface area contributed by atoms with Crippen LogP contribution in [0.3, 0.4) is 0 Å². The van der Waals surface area contributed by atoms with Gasteiger partial charge in [0.2, 0.25) is 0 Å². The zero-order valence-corrected chi connectivity index (χ0v) is 65.8. The highest BCUT2D eigenvalue weighted by Crippen LogP contribution is 2.51. The maximum atomic E-state index is 15.3. The van der Waals surface area contributed by atoms with Crippen LogP contribution in [0.4, 0.5) is 34.7 Å². The van der Waals surface area contributed by atoms with Crippen molar-refractivity contribution in [2.45, 2.75) is 121 Å². The van der Waals surface area contributed by atoms with E-state index in [9.17, 15) is 24.0 Å². The molecule has 586 valence electrons. The number of carbonyl (C=O) groups excluding carboxylic acids is 3. The number of nitrogens with zero attached hydrogens (tertiary/aromatic N) is 10. The van der Waals surface area contributed by atoms with Crippen LogP contribution >= 0.6 is 23.4 Å². The number of likely N-dealkylation sites (N-methyl/N-ethyl adjacent to an activating group) is 1. The molecule has 0 aliphatic carbocycles. The van der Waals surface area contributed by atoms with E-state index in [0.29, 0.717) is 168 Å². The van der Waals surface area contributed by atoms with Gasteiger partial charge in [-0.2, -0.15) is 25.3 Å². The van der Waals surface area contributed by atoms with Gasteiger partial charge in [-0.1, -0.05) is 97.6 Å². The molecule has 107 heavy (non-hydrogen) atoms. The molecule has 25 nitrogen and oxygen atoms in total. The number of fused-ring (bicyclic) bond motifs is 2. The number of nitriles is 1. The number of aromatic nitrogens is 2. The van der Waals surface area contributed by atoms with E-state index in [1.54, 1.807) is 32.7 Å². The summed E-state index contributed by atoms with van der Waals surface area (Å²) in [5.41, 5.74) is 2.96. The number of urea groups is 1. The van der Waals surface area contributed by atoms with E-state index >= 15 is 4.39 Å². The molecule has 4 aliphatic rings. The molecule has 4 aliphatic heterocycles. The van der Waals surface area contributed by atoms with Crippen LogP contribution in [0.1, 0.15) is 81.7 Å². The molecule has 2 saturated heterocycles. The second-order valence-electron chi connectivity index (χ2n) is 28.8.